The largest absolute Gasteiger partial charge is 0.337 e. The number of likely N-dealkylation sites (N-methyl/N-ethyl adjacent to an activating group) is 2. The lowest BCUT2D eigenvalue weighted by molar-refractivity contribution is -0.137. The summed E-state index contributed by atoms with van der Waals surface area (Å²) in [5, 5.41) is 2.90. The first-order chi connectivity index (χ1) is 8.70. The summed E-state index contributed by atoms with van der Waals surface area (Å²) in [6.07, 6.45) is 0. The standard InChI is InChI=1S/C14H20F2N2O/c1-9(11-8-10(15)6-7-12(11)16)18(5)13(19)14(2,3)17-4/h6-9,17H,1-5H3. The zero-order valence-electron chi connectivity index (χ0n) is 11.9. The second kappa shape index (κ2) is 5.65. The maximum absolute atomic E-state index is 13.7. The van der Waals surface area contributed by atoms with E-state index >= 15 is 0 Å². The molecule has 1 atom stereocenters. The van der Waals surface area contributed by atoms with Gasteiger partial charge in [0.05, 0.1) is 11.6 Å². The monoisotopic (exact) mass is 270 g/mol. The van der Waals surface area contributed by atoms with Gasteiger partial charge in [-0.2, -0.15) is 0 Å². The first kappa shape index (κ1) is 15.6. The molecule has 0 radical (unpaired) electrons. The van der Waals surface area contributed by atoms with Gasteiger partial charge in [-0.1, -0.05) is 0 Å². The van der Waals surface area contributed by atoms with Gasteiger partial charge in [-0.25, -0.2) is 8.78 Å². The van der Waals surface area contributed by atoms with Gasteiger partial charge in [-0.05, 0) is 46.0 Å². The van der Waals surface area contributed by atoms with E-state index in [4.69, 9.17) is 0 Å². The zero-order chi connectivity index (χ0) is 14.8. The van der Waals surface area contributed by atoms with Crippen LogP contribution in [0.3, 0.4) is 0 Å². The van der Waals surface area contributed by atoms with Crippen LogP contribution in [0.2, 0.25) is 0 Å². The molecule has 1 aromatic rings. The number of halogens is 2. The van der Waals surface area contributed by atoms with E-state index in [0.717, 1.165) is 18.2 Å². The second-order valence-electron chi connectivity index (χ2n) is 5.13. The summed E-state index contributed by atoms with van der Waals surface area (Å²) in [4.78, 5) is 13.7. The molecule has 1 amide bonds. The number of rotatable bonds is 4. The Morgan fingerprint density at radius 3 is 2.47 bits per heavy atom. The highest BCUT2D eigenvalue weighted by Gasteiger charge is 2.31. The topological polar surface area (TPSA) is 32.3 Å². The van der Waals surface area contributed by atoms with Crippen molar-refractivity contribution in [3.8, 4) is 0 Å². The highest BCUT2D eigenvalue weighted by Crippen LogP contribution is 2.24. The lowest BCUT2D eigenvalue weighted by Crippen LogP contribution is -2.52. The van der Waals surface area contributed by atoms with Crippen molar-refractivity contribution in [2.45, 2.75) is 32.4 Å². The van der Waals surface area contributed by atoms with Crippen molar-refractivity contribution in [3.05, 3.63) is 35.4 Å². The molecule has 3 nitrogen and oxygen atoms in total. The maximum Gasteiger partial charge on any atom is 0.242 e. The third kappa shape index (κ3) is 3.29. The maximum atomic E-state index is 13.7. The van der Waals surface area contributed by atoms with Gasteiger partial charge in [-0.15, -0.1) is 0 Å². The molecule has 0 saturated carbocycles. The highest BCUT2D eigenvalue weighted by atomic mass is 19.1. The Balaban J connectivity index is 3.03. The number of amides is 1. The van der Waals surface area contributed by atoms with Crippen LogP contribution in [0, 0.1) is 11.6 Å². The lowest BCUT2D eigenvalue weighted by Gasteiger charge is -2.33. The quantitative estimate of drug-likeness (QED) is 0.911. The van der Waals surface area contributed by atoms with Crippen molar-refractivity contribution >= 4 is 5.91 Å². The molecule has 0 aliphatic heterocycles. The summed E-state index contributed by atoms with van der Waals surface area (Å²) in [6.45, 7) is 5.14. The van der Waals surface area contributed by atoms with Crippen molar-refractivity contribution in [1.29, 1.82) is 0 Å². The van der Waals surface area contributed by atoms with E-state index in [1.165, 1.54) is 4.90 Å². The van der Waals surface area contributed by atoms with Crippen LogP contribution in [0.5, 0.6) is 0 Å². The van der Waals surface area contributed by atoms with Crippen molar-refractivity contribution in [3.63, 3.8) is 0 Å². The number of carbonyl (C=O) groups excluding carboxylic acids is 1. The fourth-order valence-electron chi connectivity index (χ4n) is 1.77. The Labute approximate surface area is 112 Å². The van der Waals surface area contributed by atoms with Crippen molar-refractivity contribution in [1.82, 2.24) is 10.2 Å². The molecule has 106 valence electrons. The Kier molecular flexibility index (Phi) is 4.63. The Bertz CT molecular complexity index is 475. The molecule has 0 spiro atoms. The summed E-state index contributed by atoms with van der Waals surface area (Å²) in [6, 6.07) is 2.71. The summed E-state index contributed by atoms with van der Waals surface area (Å²) in [5.41, 5.74) is -0.588. The van der Waals surface area contributed by atoms with Crippen molar-refractivity contribution < 1.29 is 13.6 Å². The predicted octanol–water partition coefficient (Wildman–Crippen LogP) is 2.48. The van der Waals surface area contributed by atoms with Crippen LogP contribution in [-0.2, 0) is 4.79 Å². The SMILES string of the molecule is CNC(C)(C)C(=O)N(C)C(C)c1cc(F)ccc1F. The number of nitrogens with one attached hydrogen (secondary N) is 1. The Morgan fingerprint density at radius 2 is 1.95 bits per heavy atom. The van der Waals surface area contributed by atoms with Crippen LogP contribution in [-0.4, -0.2) is 30.4 Å². The minimum Gasteiger partial charge on any atom is -0.337 e. The molecule has 5 heteroatoms. The Morgan fingerprint density at radius 1 is 1.37 bits per heavy atom. The number of hydrogen-bond acceptors (Lipinski definition) is 2. The van der Waals surface area contributed by atoms with Crippen molar-refractivity contribution in [2.75, 3.05) is 14.1 Å². The molecule has 1 rings (SSSR count). The van der Waals surface area contributed by atoms with Gasteiger partial charge < -0.3 is 10.2 Å². The van der Waals surface area contributed by atoms with Crippen LogP contribution in [0.15, 0.2) is 18.2 Å². The molecular formula is C14H20F2N2O. The zero-order valence-corrected chi connectivity index (χ0v) is 11.9. The van der Waals surface area contributed by atoms with Gasteiger partial charge in [0, 0.05) is 12.6 Å². The van der Waals surface area contributed by atoms with Gasteiger partial charge in [-0.3, -0.25) is 4.79 Å². The fraction of sp³-hybridized carbons (Fsp3) is 0.500. The van der Waals surface area contributed by atoms with Crippen LogP contribution in [0.25, 0.3) is 0 Å². The summed E-state index contributed by atoms with van der Waals surface area (Å²) >= 11 is 0. The number of carbonyl (C=O) groups is 1. The minimum absolute atomic E-state index is 0.169. The highest BCUT2D eigenvalue weighted by molar-refractivity contribution is 5.85. The molecule has 0 bridgehead atoms. The van der Waals surface area contributed by atoms with Gasteiger partial charge in [0.2, 0.25) is 5.91 Å². The first-order valence-electron chi connectivity index (χ1n) is 6.12. The van der Waals surface area contributed by atoms with E-state index in [1.54, 1.807) is 34.9 Å². The normalized spacial score (nSPS) is 13.2. The molecule has 0 aliphatic rings. The summed E-state index contributed by atoms with van der Waals surface area (Å²) < 4.78 is 26.9. The summed E-state index contributed by atoms with van der Waals surface area (Å²) in [7, 11) is 3.26. The Hall–Kier alpha value is -1.49. The van der Waals surface area contributed by atoms with E-state index in [9.17, 15) is 13.6 Å². The molecule has 1 aromatic carbocycles. The molecule has 1 N–H and O–H groups in total. The molecular weight excluding hydrogens is 250 g/mol. The van der Waals surface area contributed by atoms with Gasteiger partial charge in [0.1, 0.15) is 11.6 Å². The average Bonchev–Trinajstić information content (AvgIpc) is 2.38. The lowest BCUT2D eigenvalue weighted by atomic mass is 10.0. The van der Waals surface area contributed by atoms with E-state index in [-0.39, 0.29) is 11.5 Å². The number of benzene rings is 1. The third-order valence-electron chi connectivity index (χ3n) is 3.47. The van der Waals surface area contributed by atoms with Crippen molar-refractivity contribution in [2.24, 2.45) is 0 Å². The van der Waals surface area contributed by atoms with Gasteiger partial charge in [0.25, 0.3) is 0 Å². The van der Waals surface area contributed by atoms with E-state index in [2.05, 4.69) is 5.32 Å². The third-order valence-corrected chi connectivity index (χ3v) is 3.47. The molecule has 0 saturated heterocycles. The number of nitrogens with zero attached hydrogens (tertiary/aromatic N) is 1. The van der Waals surface area contributed by atoms with E-state index < -0.39 is 23.2 Å². The van der Waals surface area contributed by atoms with Gasteiger partial charge in [0.15, 0.2) is 0 Å². The first-order valence-corrected chi connectivity index (χ1v) is 6.12. The van der Waals surface area contributed by atoms with Crippen LogP contribution < -0.4 is 5.32 Å². The predicted molar refractivity (Wildman–Crippen MR) is 70.7 cm³/mol. The van der Waals surface area contributed by atoms with Crippen LogP contribution >= 0.6 is 0 Å². The molecule has 0 aliphatic carbocycles. The van der Waals surface area contributed by atoms with Gasteiger partial charge >= 0.3 is 0 Å². The fourth-order valence-corrected chi connectivity index (χ4v) is 1.77. The molecule has 0 aromatic heterocycles. The van der Waals surface area contributed by atoms with Crippen LogP contribution in [0.4, 0.5) is 8.78 Å². The molecule has 19 heavy (non-hydrogen) atoms. The molecule has 1 unspecified atom stereocenters. The summed E-state index contributed by atoms with van der Waals surface area (Å²) in [5.74, 6) is -1.22. The van der Waals surface area contributed by atoms with Crippen LogP contribution in [0.1, 0.15) is 32.4 Å². The van der Waals surface area contributed by atoms with E-state index in [1.807, 2.05) is 0 Å². The van der Waals surface area contributed by atoms with E-state index in [0.29, 0.717) is 0 Å². The smallest absolute Gasteiger partial charge is 0.242 e. The second-order valence-corrected chi connectivity index (χ2v) is 5.13. The molecule has 0 heterocycles. The number of hydrogen-bond donors (Lipinski definition) is 1. The molecule has 0 fully saturated rings. The minimum atomic E-state index is -0.757. The average molecular weight is 270 g/mol.